The van der Waals surface area contributed by atoms with E-state index in [0.717, 1.165) is 24.0 Å². The van der Waals surface area contributed by atoms with Gasteiger partial charge >= 0.3 is 0 Å². The second-order valence-electron chi connectivity index (χ2n) is 10.9. The Morgan fingerprint density at radius 1 is 1.14 bits per heavy atom. The van der Waals surface area contributed by atoms with Gasteiger partial charge in [-0.05, 0) is 65.1 Å². The van der Waals surface area contributed by atoms with Crippen molar-refractivity contribution in [1.82, 2.24) is 5.32 Å². The van der Waals surface area contributed by atoms with Crippen molar-refractivity contribution in [1.29, 1.82) is 0 Å². The Balaban J connectivity index is 1.65. The third-order valence-electron chi connectivity index (χ3n) is 7.31. The van der Waals surface area contributed by atoms with Crippen LogP contribution in [0.4, 0.5) is 5.69 Å². The molecule has 2 aromatic rings. The topological polar surface area (TPSA) is 58.6 Å². The molecule has 5 nitrogen and oxygen atoms in total. The first-order valence-electron chi connectivity index (χ1n) is 12.4. The fraction of sp³-hybridized carbons (Fsp3) is 0.448. The molecule has 2 amide bonds. The molecule has 1 N–H and O–H groups in total. The van der Waals surface area contributed by atoms with Crippen LogP contribution in [0.2, 0.25) is 5.02 Å². The minimum atomic E-state index is -0.335. The van der Waals surface area contributed by atoms with Gasteiger partial charge in [0.25, 0.3) is 5.91 Å². The van der Waals surface area contributed by atoms with E-state index in [2.05, 4.69) is 39.9 Å². The number of carbonyl (C=O) groups is 2. The number of benzene rings is 2. The van der Waals surface area contributed by atoms with Crippen LogP contribution in [-0.2, 0) is 15.0 Å². The van der Waals surface area contributed by atoms with E-state index in [-0.39, 0.29) is 35.6 Å². The monoisotopic (exact) mass is 494 g/mol. The fourth-order valence-corrected chi connectivity index (χ4v) is 4.95. The Hall–Kier alpha value is -2.79. The predicted octanol–water partition coefficient (Wildman–Crippen LogP) is 6.34. The number of nitrogens with one attached hydrogen (secondary N) is 1. The van der Waals surface area contributed by atoms with Gasteiger partial charge in [0.05, 0.1) is 5.69 Å². The van der Waals surface area contributed by atoms with Crippen LogP contribution in [0.3, 0.4) is 0 Å². The summed E-state index contributed by atoms with van der Waals surface area (Å²) in [4.78, 5) is 28.3. The summed E-state index contributed by atoms with van der Waals surface area (Å²) in [6.45, 7) is 10.7. The number of fused-ring (bicyclic) bond motifs is 1. The van der Waals surface area contributed by atoms with Crippen molar-refractivity contribution in [2.45, 2.75) is 65.3 Å². The minimum absolute atomic E-state index is 0.0572. The van der Waals surface area contributed by atoms with E-state index < -0.39 is 0 Å². The molecule has 2 aromatic carbocycles. The van der Waals surface area contributed by atoms with Gasteiger partial charge in [0.15, 0.2) is 11.5 Å². The van der Waals surface area contributed by atoms with E-state index in [1.165, 1.54) is 6.42 Å². The van der Waals surface area contributed by atoms with Gasteiger partial charge in [0, 0.05) is 11.1 Å². The lowest BCUT2D eigenvalue weighted by atomic mass is 9.78. The number of hydrogen-bond donors (Lipinski definition) is 1. The first-order chi connectivity index (χ1) is 16.5. The average Bonchev–Trinajstić information content (AvgIpc) is 2.80. The highest BCUT2D eigenvalue weighted by molar-refractivity contribution is 6.30. The molecule has 3 atom stereocenters. The Morgan fingerprint density at radius 2 is 1.86 bits per heavy atom. The Morgan fingerprint density at radius 3 is 2.54 bits per heavy atom. The van der Waals surface area contributed by atoms with E-state index in [1.54, 1.807) is 23.1 Å². The predicted molar refractivity (Wildman–Crippen MR) is 142 cm³/mol. The van der Waals surface area contributed by atoms with Gasteiger partial charge in [-0.15, -0.1) is 0 Å². The maximum atomic E-state index is 13.6. The molecule has 2 aliphatic rings. The van der Waals surface area contributed by atoms with Crippen LogP contribution in [0.5, 0.6) is 5.75 Å². The third-order valence-corrected chi connectivity index (χ3v) is 7.57. The molecule has 6 heteroatoms. The molecule has 1 heterocycles. The smallest absolute Gasteiger partial charge is 0.294 e. The number of ether oxygens (including phenoxy) is 1. The van der Waals surface area contributed by atoms with Gasteiger partial charge in [-0.3, -0.25) is 14.5 Å². The van der Waals surface area contributed by atoms with Crippen LogP contribution in [-0.4, -0.2) is 24.4 Å². The normalized spacial score (nSPS) is 23.6. The van der Waals surface area contributed by atoms with E-state index in [4.69, 9.17) is 16.3 Å². The summed E-state index contributed by atoms with van der Waals surface area (Å²) >= 11 is 6.01. The van der Waals surface area contributed by atoms with Crippen molar-refractivity contribution >= 4 is 35.2 Å². The molecule has 4 rings (SSSR count). The van der Waals surface area contributed by atoms with Crippen LogP contribution >= 0.6 is 11.6 Å². The molecule has 186 valence electrons. The summed E-state index contributed by atoms with van der Waals surface area (Å²) in [5.41, 5.74) is 2.37. The van der Waals surface area contributed by atoms with Gasteiger partial charge in [-0.25, -0.2) is 0 Å². The summed E-state index contributed by atoms with van der Waals surface area (Å²) in [6.07, 6.45) is 4.96. The molecule has 0 aromatic heterocycles. The van der Waals surface area contributed by atoms with Crippen LogP contribution in [0.1, 0.15) is 65.0 Å². The Labute approximate surface area is 213 Å². The minimum Gasteiger partial charge on any atom is -0.449 e. The SMILES string of the molecule is C[C@@H]1[C@H](C)CCC[C@H]1NC(=O)CN1C(=O)/C(=C\c2ccc(Cl)cc2)Oc2ccc(C(C)(C)C)cc21. The summed E-state index contributed by atoms with van der Waals surface area (Å²) in [7, 11) is 0. The van der Waals surface area contributed by atoms with Gasteiger partial charge < -0.3 is 10.1 Å². The molecule has 0 unspecified atom stereocenters. The van der Waals surface area contributed by atoms with Crippen LogP contribution in [0, 0.1) is 11.8 Å². The van der Waals surface area contributed by atoms with Crippen molar-refractivity contribution < 1.29 is 14.3 Å². The zero-order valence-electron chi connectivity index (χ0n) is 21.2. The number of nitrogens with zero attached hydrogens (tertiary/aromatic N) is 1. The molecular formula is C29H35ClN2O3. The largest absolute Gasteiger partial charge is 0.449 e. The van der Waals surface area contributed by atoms with Gasteiger partial charge in [-0.2, -0.15) is 0 Å². The lowest BCUT2D eigenvalue weighted by Crippen LogP contribution is -2.49. The van der Waals surface area contributed by atoms with E-state index >= 15 is 0 Å². The second-order valence-corrected chi connectivity index (χ2v) is 11.4. The van der Waals surface area contributed by atoms with Crippen LogP contribution < -0.4 is 15.0 Å². The molecule has 1 aliphatic heterocycles. The molecule has 1 fully saturated rings. The molecule has 1 aliphatic carbocycles. The fourth-order valence-electron chi connectivity index (χ4n) is 4.83. The van der Waals surface area contributed by atoms with Crippen molar-refractivity contribution in [3.8, 4) is 5.75 Å². The number of hydrogen-bond acceptors (Lipinski definition) is 3. The summed E-state index contributed by atoms with van der Waals surface area (Å²) in [5, 5.41) is 3.82. The van der Waals surface area contributed by atoms with Crippen LogP contribution in [0.25, 0.3) is 6.08 Å². The highest BCUT2D eigenvalue weighted by Crippen LogP contribution is 2.39. The lowest BCUT2D eigenvalue weighted by Gasteiger charge is -2.36. The molecule has 1 saturated carbocycles. The third kappa shape index (κ3) is 5.72. The number of amides is 2. The lowest BCUT2D eigenvalue weighted by molar-refractivity contribution is -0.124. The standard InChI is InChI=1S/C29H35ClN2O3/c1-18-7-6-8-23(19(18)2)31-27(33)17-32-24-16-21(29(3,4)5)11-14-25(24)35-26(28(32)34)15-20-9-12-22(30)13-10-20/h9-16,18-19,23H,6-8,17H2,1-5H3,(H,31,33)/b26-15+/t18-,19-,23-/m1/s1. The van der Waals surface area contributed by atoms with Crippen molar-refractivity contribution in [2.24, 2.45) is 11.8 Å². The first kappa shape index (κ1) is 25.3. The first-order valence-corrected chi connectivity index (χ1v) is 12.8. The van der Waals surface area contributed by atoms with E-state index in [1.807, 2.05) is 30.3 Å². The zero-order valence-corrected chi connectivity index (χ0v) is 22.0. The summed E-state index contributed by atoms with van der Waals surface area (Å²) in [5.74, 6) is 1.24. The zero-order chi connectivity index (χ0) is 25.3. The van der Waals surface area contributed by atoms with Crippen molar-refractivity contribution in [2.75, 3.05) is 11.4 Å². The van der Waals surface area contributed by atoms with Crippen molar-refractivity contribution in [3.05, 3.63) is 64.4 Å². The number of rotatable bonds is 4. The summed E-state index contributed by atoms with van der Waals surface area (Å²) < 4.78 is 6.04. The number of carbonyl (C=O) groups excluding carboxylic acids is 2. The van der Waals surface area contributed by atoms with Gasteiger partial charge in [0.1, 0.15) is 6.54 Å². The van der Waals surface area contributed by atoms with Crippen molar-refractivity contribution in [3.63, 3.8) is 0 Å². The molecule has 0 radical (unpaired) electrons. The second kappa shape index (κ2) is 10.1. The number of halogens is 1. The van der Waals surface area contributed by atoms with Crippen LogP contribution in [0.15, 0.2) is 48.2 Å². The number of anilines is 1. The van der Waals surface area contributed by atoms with E-state index in [0.29, 0.717) is 28.3 Å². The molecule has 0 saturated heterocycles. The molecule has 35 heavy (non-hydrogen) atoms. The van der Waals surface area contributed by atoms with E-state index in [9.17, 15) is 9.59 Å². The highest BCUT2D eigenvalue weighted by atomic mass is 35.5. The maximum absolute atomic E-state index is 13.6. The molecule has 0 spiro atoms. The Kier molecular flexibility index (Phi) is 7.27. The summed E-state index contributed by atoms with van der Waals surface area (Å²) in [6, 6.07) is 13.2. The van der Waals surface area contributed by atoms with Gasteiger partial charge in [-0.1, -0.05) is 77.3 Å². The Bertz CT molecular complexity index is 1130. The molecular weight excluding hydrogens is 460 g/mol. The average molecular weight is 495 g/mol. The maximum Gasteiger partial charge on any atom is 0.294 e. The molecule has 0 bridgehead atoms. The highest BCUT2D eigenvalue weighted by Gasteiger charge is 2.34. The van der Waals surface area contributed by atoms with Gasteiger partial charge in [0.2, 0.25) is 5.91 Å². The quantitative estimate of drug-likeness (QED) is 0.504.